The van der Waals surface area contributed by atoms with Crippen LogP contribution in [0.1, 0.15) is 12.5 Å². The van der Waals surface area contributed by atoms with Crippen LogP contribution in [-0.4, -0.2) is 18.1 Å². The maximum absolute atomic E-state index is 7.03. The third-order valence-electron chi connectivity index (χ3n) is 3.52. The number of anilines is 1. The van der Waals surface area contributed by atoms with Crippen LogP contribution >= 0.6 is 0 Å². The molecule has 0 N–H and O–H groups in total. The van der Waals surface area contributed by atoms with E-state index < -0.39 is 0 Å². The normalized spacial score (nSPS) is 21.6. The van der Waals surface area contributed by atoms with E-state index in [0.29, 0.717) is 6.17 Å². The third kappa shape index (κ3) is 1.07. The van der Waals surface area contributed by atoms with Crippen molar-refractivity contribution in [3.63, 3.8) is 0 Å². The van der Waals surface area contributed by atoms with Crippen molar-refractivity contribution in [3.8, 4) is 0 Å². The van der Waals surface area contributed by atoms with E-state index in [4.69, 9.17) is 6.57 Å². The van der Waals surface area contributed by atoms with E-state index in [-0.39, 0.29) is 0 Å². The van der Waals surface area contributed by atoms with Gasteiger partial charge in [0.2, 0.25) is 0 Å². The van der Waals surface area contributed by atoms with Gasteiger partial charge in [-0.05, 0) is 18.6 Å². The maximum Gasteiger partial charge on any atom is 0.187 e. The van der Waals surface area contributed by atoms with Gasteiger partial charge in [-0.25, -0.2) is 4.85 Å². The van der Waals surface area contributed by atoms with Crippen LogP contribution in [0.4, 0.5) is 11.4 Å². The molecule has 16 heavy (non-hydrogen) atoms. The molecule has 0 saturated heterocycles. The molecule has 1 atom stereocenters. The van der Waals surface area contributed by atoms with Gasteiger partial charge in [-0.3, -0.25) is 0 Å². The topological polar surface area (TPSA) is 10.8 Å². The first-order valence-electron chi connectivity index (χ1n) is 5.40. The van der Waals surface area contributed by atoms with Crippen LogP contribution in [0.5, 0.6) is 0 Å². The number of rotatable bonds is 0. The number of allylic oxidation sites excluding steroid dienone is 1. The van der Waals surface area contributed by atoms with E-state index in [2.05, 4.69) is 40.9 Å². The van der Waals surface area contributed by atoms with Crippen LogP contribution in [0, 0.1) is 6.57 Å². The smallest absolute Gasteiger partial charge is 0.187 e. The van der Waals surface area contributed by atoms with Gasteiger partial charge in [0, 0.05) is 31.1 Å². The Labute approximate surface area is 95.4 Å². The highest BCUT2D eigenvalue weighted by atomic mass is 15.4. The monoisotopic (exact) mass is 211 g/mol. The van der Waals surface area contributed by atoms with Crippen molar-refractivity contribution in [2.45, 2.75) is 19.5 Å². The number of fused-ring (bicyclic) bond motifs is 3. The molecular formula is C13H13N3. The van der Waals surface area contributed by atoms with Gasteiger partial charge in [-0.15, -0.1) is 0 Å². The summed E-state index contributed by atoms with van der Waals surface area (Å²) in [4.78, 5) is 8.07. The molecule has 0 radical (unpaired) electrons. The van der Waals surface area contributed by atoms with E-state index in [1.165, 1.54) is 16.9 Å². The summed E-state index contributed by atoms with van der Waals surface area (Å²) in [6.45, 7) is 9.16. The first kappa shape index (κ1) is 9.29. The molecule has 0 spiro atoms. The fourth-order valence-electron chi connectivity index (χ4n) is 2.52. The second-order valence-electron chi connectivity index (χ2n) is 4.40. The molecule has 80 valence electrons. The van der Waals surface area contributed by atoms with E-state index in [9.17, 15) is 0 Å². The lowest BCUT2D eigenvalue weighted by Crippen LogP contribution is -2.34. The zero-order chi connectivity index (χ0) is 11.3. The van der Waals surface area contributed by atoms with Gasteiger partial charge in [0.25, 0.3) is 0 Å². The second-order valence-corrected chi connectivity index (χ2v) is 4.40. The Kier molecular flexibility index (Phi) is 1.75. The molecule has 2 heterocycles. The van der Waals surface area contributed by atoms with Gasteiger partial charge in [0.15, 0.2) is 5.69 Å². The van der Waals surface area contributed by atoms with Crippen molar-refractivity contribution in [2.75, 3.05) is 11.9 Å². The Morgan fingerprint density at radius 2 is 2.25 bits per heavy atom. The molecule has 0 aliphatic carbocycles. The first-order valence-corrected chi connectivity index (χ1v) is 5.40. The Morgan fingerprint density at radius 1 is 1.44 bits per heavy atom. The molecule has 1 unspecified atom stereocenters. The summed E-state index contributed by atoms with van der Waals surface area (Å²) in [5.74, 6) is 0. The second kappa shape index (κ2) is 3.02. The number of hydrogen-bond acceptors (Lipinski definition) is 2. The fraction of sp³-hybridized carbons (Fsp3) is 0.308. The highest BCUT2D eigenvalue weighted by Gasteiger charge is 2.35. The molecule has 3 heteroatoms. The van der Waals surface area contributed by atoms with E-state index in [1.807, 2.05) is 12.1 Å². The van der Waals surface area contributed by atoms with Crippen LogP contribution in [-0.2, 0) is 6.42 Å². The quantitative estimate of drug-likeness (QED) is 0.611. The zero-order valence-electron chi connectivity index (χ0n) is 9.44. The van der Waals surface area contributed by atoms with Crippen LogP contribution in [0.3, 0.4) is 0 Å². The van der Waals surface area contributed by atoms with Crippen molar-refractivity contribution >= 4 is 11.4 Å². The summed E-state index contributed by atoms with van der Waals surface area (Å²) in [6, 6.07) is 5.97. The Morgan fingerprint density at radius 3 is 3.00 bits per heavy atom. The maximum atomic E-state index is 7.03. The minimum absolute atomic E-state index is 0.413. The van der Waals surface area contributed by atoms with Crippen LogP contribution in [0.25, 0.3) is 4.85 Å². The fourth-order valence-corrected chi connectivity index (χ4v) is 2.52. The Hall–Kier alpha value is -1.95. The lowest BCUT2D eigenvalue weighted by atomic mass is 10.1. The van der Waals surface area contributed by atoms with Crippen molar-refractivity contribution in [1.29, 1.82) is 0 Å². The molecule has 0 amide bonds. The molecule has 2 aliphatic rings. The average molecular weight is 211 g/mol. The summed E-state index contributed by atoms with van der Waals surface area (Å²) in [5, 5.41) is 0. The number of benzene rings is 1. The zero-order valence-corrected chi connectivity index (χ0v) is 9.44. The van der Waals surface area contributed by atoms with Gasteiger partial charge < -0.3 is 9.80 Å². The molecule has 0 fully saturated rings. The van der Waals surface area contributed by atoms with Crippen molar-refractivity contribution in [2.24, 2.45) is 0 Å². The van der Waals surface area contributed by atoms with Gasteiger partial charge in [0.05, 0.1) is 6.57 Å². The summed E-state index contributed by atoms with van der Waals surface area (Å²) in [6.07, 6.45) is 3.60. The van der Waals surface area contributed by atoms with Gasteiger partial charge in [0.1, 0.15) is 6.17 Å². The van der Waals surface area contributed by atoms with Crippen LogP contribution in [0.15, 0.2) is 30.1 Å². The van der Waals surface area contributed by atoms with E-state index in [1.54, 1.807) is 0 Å². The lowest BCUT2D eigenvalue weighted by molar-refractivity contribution is 0.344. The molecule has 0 aromatic heterocycles. The molecular weight excluding hydrogens is 198 g/mol. The Balaban J connectivity index is 2.07. The highest BCUT2D eigenvalue weighted by Crippen LogP contribution is 2.40. The Bertz CT molecular complexity index is 524. The SMILES string of the molecule is [C-]#[N+]c1ccc2c(c1)CC1N(C)C(C)=CN21. The number of nitrogens with zero attached hydrogens (tertiary/aromatic N) is 3. The minimum atomic E-state index is 0.413. The summed E-state index contributed by atoms with van der Waals surface area (Å²) in [5.41, 5.74) is 4.57. The average Bonchev–Trinajstić information content (AvgIpc) is 2.77. The van der Waals surface area contributed by atoms with Gasteiger partial charge >= 0.3 is 0 Å². The van der Waals surface area contributed by atoms with E-state index >= 15 is 0 Å². The molecule has 3 rings (SSSR count). The molecule has 0 saturated carbocycles. The van der Waals surface area contributed by atoms with E-state index in [0.717, 1.165) is 12.1 Å². The van der Waals surface area contributed by atoms with Crippen LogP contribution in [0.2, 0.25) is 0 Å². The molecule has 1 aromatic carbocycles. The molecule has 0 bridgehead atoms. The molecule has 1 aromatic rings. The summed E-state index contributed by atoms with van der Waals surface area (Å²) in [7, 11) is 2.12. The predicted molar refractivity (Wildman–Crippen MR) is 64.2 cm³/mol. The summed E-state index contributed by atoms with van der Waals surface area (Å²) >= 11 is 0. The van der Waals surface area contributed by atoms with Crippen molar-refractivity contribution < 1.29 is 0 Å². The minimum Gasteiger partial charge on any atom is -0.356 e. The molecule has 2 aliphatic heterocycles. The third-order valence-corrected chi connectivity index (χ3v) is 3.52. The van der Waals surface area contributed by atoms with Gasteiger partial charge in [-0.1, -0.05) is 12.1 Å². The largest absolute Gasteiger partial charge is 0.356 e. The lowest BCUT2D eigenvalue weighted by Gasteiger charge is -2.24. The van der Waals surface area contributed by atoms with Crippen LogP contribution < -0.4 is 4.90 Å². The number of hydrogen-bond donors (Lipinski definition) is 0. The standard InChI is InChI=1S/C13H13N3/c1-9-8-16-12-5-4-11(14-2)6-10(12)7-13(16)15(9)3/h4-6,8,13H,7H2,1,3H3. The van der Waals surface area contributed by atoms with Crippen molar-refractivity contribution in [1.82, 2.24) is 4.90 Å². The number of likely N-dealkylation sites (N-methyl/N-ethyl adjacent to an activating group) is 1. The summed E-state index contributed by atoms with van der Waals surface area (Å²) < 4.78 is 0. The van der Waals surface area contributed by atoms with Gasteiger partial charge in [-0.2, -0.15) is 0 Å². The van der Waals surface area contributed by atoms with Crippen molar-refractivity contribution in [3.05, 3.63) is 47.1 Å². The highest BCUT2D eigenvalue weighted by molar-refractivity contribution is 5.68. The molecule has 3 nitrogen and oxygen atoms in total. The first-order chi connectivity index (χ1) is 7.70. The predicted octanol–water partition coefficient (Wildman–Crippen LogP) is 2.73.